The second-order valence-electron chi connectivity index (χ2n) is 7.34. The van der Waals surface area contributed by atoms with E-state index in [1.54, 1.807) is 23.8 Å². The van der Waals surface area contributed by atoms with Crippen LogP contribution < -0.4 is 15.6 Å². The first-order valence-electron chi connectivity index (χ1n) is 10.2. The minimum atomic E-state index is -0.189. The fourth-order valence-corrected chi connectivity index (χ4v) is 5.38. The molecule has 0 bridgehead atoms. The summed E-state index contributed by atoms with van der Waals surface area (Å²) in [7, 11) is 1.56. The molecule has 0 saturated carbocycles. The monoisotopic (exact) mass is 471 g/mol. The third-order valence-electron chi connectivity index (χ3n) is 5.31. The van der Waals surface area contributed by atoms with Crippen LogP contribution >= 0.6 is 23.1 Å². The first kappa shape index (κ1) is 21.0. The number of aromatic nitrogens is 4. The van der Waals surface area contributed by atoms with Crippen molar-refractivity contribution in [2.75, 3.05) is 24.8 Å². The summed E-state index contributed by atoms with van der Waals surface area (Å²) in [6.07, 6.45) is 1.90. The van der Waals surface area contributed by atoms with Gasteiger partial charge in [0.15, 0.2) is 5.16 Å². The van der Waals surface area contributed by atoms with Gasteiger partial charge >= 0.3 is 0 Å². The van der Waals surface area contributed by atoms with Gasteiger partial charge in [-0.25, -0.2) is 0 Å². The molecular weight excluding hydrogens is 450 g/mol. The molecule has 1 aliphatic rings. The Morgan fingerprint density at radius 3 is 3.03 bits per heavy atom. The lowest BCUT2D eigenvalue weighted by Crippen LogP contribution is -2.28. The topological polar surface area (TPSA) is 99.8 Å². The molecular formula is C21H21N5O4S2. The Kier molecular flexibility index (Phi) is 5.85. The molecule has 9 nitrogen and oxygen atoms in total. The van der Waals surface area contributed by atoms with Crippen molar-refractivity contribution >= 4 is 50.7 Å². The molecule has 4 heterocycles. The van der Waals surface area contributed by atoms with E-state index in [1.807, 2.05) is 28.0 Å². The predicted octanol–water partition coefficient (Wildman–Crippen LogP) is 3.02. The lowest BCUT2D eigenvalue weighted by atomic mass is 10.2. The van der Waals surface area contributed by atoms with Gasteiger partial charge in [0.1, 0.15) is 10.4 Å². The number of hydrogen-bond acceptors (Lipinski definition) is 8. The molecule has 32 heavy (non-hydrogen) atoms. The third-order valence-corrected chi connectivity index (χ3v) is 7.13. The predicted molar refractivity (Wildman–Crippen MR) is 124 cm³/mol. The Labute approximate surface area is 191 Å². The molecule has 1 atom stereocenters. The fourth-order valence-electron chi connectivity index (χ4n) is 3.81. The SMILES string of the molecule is COc1ccccc1NC(=O)CSc1nnc2n(C[C@H]3CCCO3)c(=O)c3sccc3n12. The quantitative estimate of drug-likeness (QED) is 0.414. The van der Waals surface area contributed by atoms with Crippen LogP contribution in [0.1, 0.15) is 12.8 Å². The number of nitrogens with zero attached hydrogens (tertiary/aromatic N) is 4. The van der Waals surface area contributed by atoms with E-state index in [2.05, 4.69) is 15.5 Å². The van der Waals surface area contributed by atoms with Gasteiger partial charge < -0.3 is 14.8 Å². The largest absolute Gasteiger partial charge is 0.495 e. The van der Waals surface area contributed by atoms with Crippen LogP contribution in [0.2, 0.25) is 0 Å². The maximum atomic E-state index is 13.1. The van der Waals surface area contributed by atoms with Gasteiger partial charge in [-0.05, 0) is 36.4 Å². The standard InChI is InChI=1S/C21H21N5O4S2/c1-29-16-7-3-2-6-14(16)22-17(27)12-32-21-24-23-20-25(11-13-5-4-9-30-13)19(28)18-15(26(20)21)8-10-31-18/h2-3,6-8,10,13H,4-5,9,11-12H2,1H3,(H,22,27)/t13-/m1/s1. The number of amides is 1. The molecule has 0 aliphatic carbocycles. The molecule has 1 N–H and O–H groups in total. The normalized spacial score (nSPS) is 16.1. The summed E-state index contributed by atoms with van der Waals surface area (Å²) in [6.45, 7) is 1.15. The maximum Gasteiger partial charge on any atom is 0.272 e. The van der Waals surface area contributed by atoms with Crippen LogP contribution in [0.4, 0.5) is 5.69 Å². The molecule has 0 spiro atoms. The van der Waals surface area contributed by atoms with E-state index in [-0.39, 0.29) is 23.3 Å². The molecule has 1 amide bonds. The summed E-state index contributed by atoms with van der Waals surface area (Å²) in [4.78, 5) is 25.6. The molecule has 5 rings (SSSR count). The first-order chi connectivity index (χ1) is 15.7. The second-order valence-corrected chi connectivity index (χ2v) is 9.20. The van der Waals surface area contributed by atoms with Crippen molar-refractivity contribution in [1.29, 1.82) is 0 Å². The number of carbonyl (C=O) groups excluding carboxylic acids is 1. The van der Waals surface area contributed by atoms with Gasteiger partial charge in [-0.1, -0.05) is 23.9 Å². The summed E-state index contributed by atoms with van der Waals surface area (Å²) in [5, 5.41) is 13.9. The molecule has 0 unspecified atom stereocenters. The zero-order valence-electron chi connectivity index (χ0n) is 17.3. The van der Waals surface area contributed by atoms with Gasteiger partial charge in [0.05, 0.1) is 36.7 Å². The molecule has 1 aromatic carbocycles. The molecule has 4 aromatic rings. The van der Waals surface area contributed by atoms with Crippen molar-refractivity contribution in [1.82, 2.24) is 19.2 Å². The highest BCUT2D eigenvalue weighted by molar-refractivity contribution is 7.99. The van der Waals surface area contributed by atoms with E-state index in [0.717, 1.165) is 18.4 Å². The number of methoxy groups -OCH3 is 1. The molecule has 1 fully saturated rings. The number of ether oxygens (including phenoxy) is 2. The average Bonchev–Trinajstić information content (AvgIpc) is 3.56. The Balaban J connectivity index is 1.43. The van der Waals surface area contributed by atoms with Crippen LogP contribution in [0.15, 0.2) is 45.7 Å². The number of thiophene rings is 1. The number of fused-ring (bicyclic) bond motifs is 3. The van der Waals surface area contributed by atoms with Gasteiger partial charge in [0.25, 0.3) is 5.56 Å². The summed E-state index contributed by atoms with van der Waals surface area (Å²) in [5.74, 6) is 1.00. The third kappa shape index (κ3) is 3.87. The van der Waals surface area contributed by atoms with E-state index in [1.165, 1.54) is 23.1 Å². The number of carbonyl (C=O) groups is 1. The molecule has 0 radical (unpaired) electrons. The van der Waals surface area contributed by atoms with Crippen LogP contribution in [0.25, 0.3) is 16.0 Å². The summed E-state index contributed by atoms with van der Waals surface area (Å²) in [5.41, 5.74) is 1.27. The van der Waals surface area contributed by atoms with Crippen LogP contribution in [-0.4, -0.2) is 50.6 Å². The summed E-state index contributed by atoms with van der Waals surface area (Å²) in [6, 6.07) is 9.13. The fraction of sp³-hybridized carbons (Fsp3) is 0.333. The van der Waals surface area contributed by atoms with E-state index in [9.17, 15) is 9.59 Å². The Morgan fingerprint density at radius 2 is 2.22 bits per heavy atom. The molecule has 11 heteroatoms. The number of benzene rings is 1. The van der Waals surface area contributed by atoms with E-state index in [0.29, 0.717) is 40.2 Å². The lowest BCUT2D eigenvalue weighted by Gasteiger charge is -2.13. The molecule has 166 valence electrons. The number of rotatable bonds is 7. The maximum absolute atomic E-state index is 13.1. The molecule has 1 aliphatic heterocycles. The van der Waals surface area contributed by atoms with Crippen molar-refractivity contribution in [3.8, 4) is 5.75 Å². The van der Waals surface area contributed by atoms with Gasteiger partial charge in [-0.2, -0.15) is 0 Å². The van der Waals surface area contributed by atoms with Crippen molar-refractivity contribution in [3.63, 3.8) is 0 Å². The lowest BCUT2D eigenvalue weighted by molar-refractivity contribution is -0.113. The average molecular weight is 472 g/mol. The second kappa shape index (κ2) is 8.93. The van der Waals surface area contributed by atoms with E-state index < -0.39 is 0 Å². The number of thioether (sulfide) groups is 1. The van der Waals surface area contributed by atoms with Crippen LogP contribution in [0.3, 0.4) is 0 Å². The highest BCUT2D eigenvalue weighted by Crippen LogP contribution is 2.27. The van der Waals surface area contributed by atoms with E-state index >= 15 is 0 Å². The minimum absolute atomic E-state index is 0.00616. The van der Waals surface area contributed by atoms with Gasteiger partial charge in [-0.15, -0.1) is 21.5 Å². The number of hydrogen-bond donors (Lipinski definition) is 1. The zero-order chi connectivity index (χ0) is 22.1. The highest BCUT2D eigenvalue weighted by atomic mass is 32.2. The minimum Gasteiger partial charge on any atom is -0.495 e. The highest BCUT2D eigenvalue weighted by Gasteiger charge is 2.23. The van der Waals surface area contributed by atoms with Crippen molar-refractivity contribution in [3.05, 3.63) is 46.1 Å². The van der Waals surface area contributed by atoms with Gasteiger partial charge in [0.2, 0.25) is 11.7 Å². The molecule has 3 aromatic heterocycles. The number of para-hydroxylation sites is 2. The van der Waals surface area contributed by atoms with Crippen LogP contribution in [0.5, 0.6) is 5.75 Å². The molecule has 1 saturated heterocycles. The Hall–Kier alpha value is -2.89. The van der Waals surface area contributed by atoms with Gasteiger partial charge in [-0.3, -0.25) is 18.6 Å². The van der Waals surface area contributed by atoms with Crippen molar-refractivity contribution < 1.29 is 14.3 Å². The Morgan fingerprint density at radius 1 is 1.34 bits per heavy atom. The number of nitrogens with one attached hydrogen (secondary N) is 1. The zero-order valence-corrected chi connectivity index (χ0v) is 18.9. The summed E-state index contributed by atoms with van der Waals surface area (Å²) < 4.78 is 15.1. The van der Waals surface area contributed by atoms with Crippen LogP contribution in [-0.2, 0) is 16.1 Å². The number of anilines is 1. The van der Waals surface area contributed by atoms with E-state index in [4.69, 9.17) is 9.47 Å². The van der Waals surface area contributed by atoms with Gasteiger partial charge in [0, 0.05) is 6.61 Å². The van der Waals surface area contributed by atoms with Crippen molar-refractivity contribution in [2.45, 2.75) is 30.6 Å². The van der Waals surface area contributed by atoms with Crippen molar-refractivity contribution in [2.24, 2.45) is 0 Å². The summed E-state index contributed by atoms with van der Waals surface area (Å²) >= 11 is 2.66. The first-order valence-corrected chi connectivity index (χ1v) is 12.0. The van der Waals surface area contributed by atoms with Crippen LogP contribution in [0, 0.1) is 0 Å². The Bertz CT molecular complexity index is 1340. The smallest absolute Gasteiger partial charge is 0.272 e.